The van der Waals surface area contributed by atoms with Crippen LogP contribution in [0.15, 0.2) is 73.6 Å². The molecule has 6 heterocycles. The molecule has 6 aromatic heterocycles. The first-order valence-corrected chi connectivity index (χ1v) is 22.4. The molecule has 0 aliphatic heterocycles. The molecule has 1 amide bonds. The number of hydrogen-bond donors (Lipinski definition) is 5. The summed E-state index contributed by atoms with van der Waals surface area (Å²) in [6.07, 6.45) is 22.9. The Hall–Kier alpha value is -8.28. The molecule has 68 heavy (non-hydrogen) atoms. The molecule has 0 unspecified atom stereocenters. The number of carbonyl (C=O) groups excluding carboxylic acids is 1. The average Bonchev–Trinajstić information content (AvgIpc) is 3.38. The third kappa shape index (κ3) is 15.7. The molecule has 0 bridgehead atoms. The lowest BCUT2D eigenvalue weighted by Crippen LogP contribution is -2.29. The third-order valence-electron chi connectivity index (χ3n) is 11.2. The summed E-state index contributed by atoms with van der Waals surface area (Å²) in [6, 6.07) is 14.8. The van der Waals surface area contributed by atoms with Crippen LogP contribution in [0.2, 0.25) is 0 Å². The number of nitrogens with one attached hydrogen (secondary N) is 4. The van der Waals surface area contributed by atoms with Crippen LogP contribution in [-0.4, -0.2) is 85.2 Å². The zero-order valence-electron chi connectivity index (χ0n) is 39.2. The summed E-state index contributed by atoms with van der Waals surface area (Å²) < 4.78 is 10.7. The lowest BCUT2D eigenvalue weighted by Gasteiger charge is -2.29. The average molecular weight is 915 g/mol. The van der Waals surface area contributed by atoms with Gasteiger partial charge in [0, 0.05) is 60.7 Å². The van der Waals surface area contributed by atoms with Crippen molar-refractivity contribution >= 4 is 51.2 Å². The Balaban J connectivity index is 0.000000216. The van der Waals surface area contributed by atoms with E-state index in [0.29, 0.717) is 58.7 Å². The molecule has 0 saturated heterocycles. The van der Waals surface area contributed by atoms with Gasteiger partial charge in [-0.1, -0.05) is 5.92 Å². The molecule has 8 rings (SSSR count). The van der Waals surface area contributed by atoms with Gasteiger partial charge in [0.05, 0.1) is 37.7 Å². The number of primary amides is 1. The van der Waals surface area contributed by atoms with Crippen molar-refractivity contribution in [3.63, 3.8) is 0 Å². The Morgan fingerprint density at radius 1 is 0.662 bits per heavy atom. The molecular formula is C51H58N14O3. The lowest BCUT2D eigenvalue weighted by atomic mass is 9.86. The number of hydrogen-bond acceptors (Lipinski definition) is 16. The van der Waals surface area contributed by atoms with Crippen LogP contribution >= 0.6 is 0 Å². The fourth-order valence-electron chi connectivity index (χ4n) is 7.51. The number of fused-ring (bicyclic) bond motifs is 2. The monoisotopic (exact) mass is 914 g/mol. The standard InChI is InChI=1S/C21H25N7O2.C21H23N7O.C5H4.C4H6/c1-30-20-18-14(8-9-23-20)4-7-17(28-18)27-16-5-2-13(3-6-16)10-24-21-25-11-15(12-26-21)19(22)29;1-29-20-19-16(8-9-23-20)4-7-18(28-19)27-17-5-2-14(3-6-17)11-24-21-25-12-15(10-22)13-26-21;1-3-5-4-2;1-3-4-2/h4,7-9,11-13,16H,2-3,5-6,10H2,1H3,(H2,22,29)(H,27,28)(H,24,25,26);4,7-9,12-14,17H,2-3,5-6,11H2,1H3,(H,27,28)(H,24,25,26);1H,2H3;1-2H3. The van der Waals surface area contributed by atoms with Gasteiger partial charge < -0.3 is 36.5 Å². The van der Waals surface area contributed by atoms with Gasteiger partial charge >= 0.3 is 0 Å². The number of terminal acetylenes is 1. The van der Waals surface area contributed by atoms with E-state index < -0.39 is 5.91 Å². The molecule has 0 aromatic carbocycles. The summed E-state index contributed by atoms with van der Waals surface area (Å²) in [4.78, 5) is 45.5. The summed E-state index contributed by atoms with van der Waals surface area (Å²) >= 11 is 0. The van der Waals surface area contributed by atoms with Crippen LogP contribution in [0.1, 0.15) is 88.1 Å². The van der Waals surface area contributed by atoms with E-state index in [0.717, 1.165) is 97.9 Å². The van der Waals surface area contributed by atoms with Crippen molar-refractivity contribution in [1.29, 1.82) is 5.26 Å². The van der Waals surface area contributed by atoms with Gasteiger partial charge in [0.15, 0.2) is 0 Å². The van der Waals surface area contributed by atoms with Crippen LogP contribution in [0.25, 0.3) is 21.8 Å². The minimum Gasteiger partial charge on any atom is -0.479 e. The number of methoxy groups -OCH3 is 2. The highest BCUT2D eigenvalue weighted by Gasteiger charge is 2.23. The van der Waals surface area contributed by atoms with Crippen molar-refractivity contribution in [1.82, 2.24) is 39.9 Å². The van der Waals surface area contributed by atoms with E-state index >= 15 is 0 Å². The summed E-state index contributed by atoms with van der Waals surface area (Å²) in [6.45, 7) is 7.00. The number of aromatic nitrogens is 8. The number of rotatable bonds is 13. The highest BCUT2D eigenvalue weighted by Crippen LogP contribution is 2.30. The molecule has 6 aromatic rings. The largest absolute Gasteiger partial charge is 0.479 e. The van der Waals surface area contributed by atoms with Crippen LogP contribution in [0, 0.1) is 59.2 Å². The van der Waals surface area contributed by atoms with Gasteiger partial charge in [0.2, 0.25) is 23.7 Å². The van der Waals surface area contributed by atoms with Gasteiger partial charge in [-0.05, 0) is 132 Å². The number of carbonyl (C=O) groups is 1. The first kappa shape index (κ1) is 50.7. The minimum absolute atomic E-state index is 0.308. The van der Waals surface area contributed by atoms with Crippen molar-refractivity contribution in [3.05, 3.63) is 84.7 Å². The molecule has 2 aliphatic rings. The Morgan fingerprint density at radius 3 is 1.46 bits per heavy atom. The third-order valence-corrected chi connectivity index (χ3v) is 11.2. The Morgan fingerprint density at radius 2 is 1.10 bits per heavy atom. The molecule has 2 aliphatic carbocycles. The maximum Gasteiger partial charge on any atom is 0.251 e. The molecule has 350 valence electrons. The van der Waals surface area contributed by atoms with Gasteiger partial charge in [-0.3, -0.25) is 4.79 Å². The number of ether oxygens (including phenoxy) is 2. The van der Waals surface area contributed by atoms with Crippen molar-refractivity contribution < 1.29 is 14.3 Å². The van der Waals surface area contributed by atoms with E-state index in [1.54, 1.807) is 33.5 Å². The van der Waals surface area contributed by atoms with Gasteiger partial charge in [-0.15, -0.1) is 18.3 Å². The van der Waals surface area contributed by atoms with Crippen molar-refractivity contribution in [2.24, 2.45) is 17.6 Å². The lowest BCUT2D eigenvalue weighted by molar-refractivity contribution is 0.0999. The van der Waals surface area contributed by atoms with Crippen LogP contribution in [0.5, 0.6) is 11.8 Å². The number of nitrogens with zero attached hydrogens (tertiary/aromatic N) is 9. The fourth-order valence-corrected chi connectivity index (χ4v) is 7.51. The summed E-state index contributed by atoms with van der Waals surface area (Å²) in [7, 11) is 3.22. The highest BCUT2D eigenvalue weighted by atomic mass is 16.5. The summed E-state index contributed by atoms with van der Waals surface area (Å²) in [5.41, 5.74) is 7.53. The SMILES string of the molecule is C#CC#CC.CC#CC.COc1nccc2ccc(NC3CCC(CNc4ncc(C#N)cn4)CC3)nc12.COc1nccc2ccc(NC3CCC(CNc4ncc(C(N)=O)cn4)CC3)nc12. The van der Waals surface area contributed by atoms with E-state index in [9.17, 15) is 4.79 Å². The van der Waals surface area contributed by atoms with E-state index in [-0.39, 0.29) is 0 Å². The smallest absolute Gasteiger partial charge is 0.251 e. The molecule has 0 radical (unpaired) electrons. The number of nitrogens with two attached hydrogens (primary N) is 1. The van der Waals surface area contributed by atoms with Gasteiger partial charge in [0.1, 0.15) is 28.7 Å². The zero-order valence-corrected chi connectivity index (χ0v) is 39.2. The summed E-state index contributed by atoms with van der Waals surface area (Å²) in [5.74, 6) is 16.9. The Kier molecular flexibility index (Phi) is 20.3. The van der Waals surface area contributed by atoms with E-state index in [4.69, 9.17) is 36.9 Å². The van der Waals surface area contributed by atoms with Crippen molar-refractivity contribution in [2.75, 3.05) is 48.6 Å². The maximum absolute atomic E-state index is 11.1. The van der Waals surface area contributed by atoms with Crippen LogP contribution in [0.3, 0.4) is 0 Å². The quantitative estimate of drug-likeness (QED) is 0.0699. The normalized spacial score (nSPS) is 16.7. The number of anilines is 4. The predicted molar refractivity (Wildman–Crippen MR) is 267 cm³/mol. The first-order valence-electron chi connectivity index (χ1n) is 22.4. The maximum atomic E-state index is 11.1. The van der Waals surface area contributed by atoms with E-state index in [1.807, 2.05) is 56.3 Å². The molecule has 0 atom stereocenters. The second kappa shape index (κ2) is 27.3. The molecule has 17 nitrogen and oxygen atoms in total. The van der Waals surface area contributed by atoms with Gasteiger partial charge in [-0.25, -0.2) is 39.9 Å². The Bertz CT molecular complexity index is 2750. The van der Waals surface area contributed by atoms with Gasteiger partial charge in [0.25, 0.3) is 5.91 Å². The molecular weight excluding hydrogens is 857 g/mol. The zero-order chi connectivity index (χ0) is 48.5. The molecule has 6 N–H and O–H groups in total. The Labute approximate surface area is 398 Å². The van der Waals surface area contributed by atoms with Crippen LogP contribution in [0.4, 0.5) is 23.5 Å². The molecule has 0 spiro atoms. The first-order chi connectivity index (χ1) is 33.2. The fraction of sp³-hybridized carbons (Fsp3) is 0.373. The second-order valence-corrected chi connectivity index (χ2v) is 15.7. The van der Waals surface area contributed by atoms with Crippen LogP contribution < -0.4 is 36.5 Å². The minimum atomic E-state index is -0.525. The topological polar surface area (TPSA) is 237 Å². The van der Waals surface area contributed by atoms with Gasteiger partial charge in [-0.2, -0.15) is 5.26 Å². The van der Waals surface area contributed by atoms with Crippen molar-refractivity contribution in [3.8, 4) is 53.9 Å². The second-order valence-electron chi connectivity index (χ2n) is 15.7. The molecule has 2 fully saturated rings. The highest BCUT2D eigenvalue weighted by molar-refractivity contribution is 5.92. The van der Waals surface area contributed by atoms with E-state index in [1.165, 1.54) is 24.8 Å². The molecule has 17 heteroatoms. The number of pyridine rings is 4. The molecule has 2 saturated carbocycles. The summed E-state index contributed by atoms with van der Waals surface area (Å²) in [5, 5.41) is 24.5. The van der Waals surface area contributed by atoms with E-state index in [2.05, 4.69) is 80.8 Å². The predicted octanol–water partition coefficient (Wildman–Crippen LogP) is 7.67. The number of nitriles is 1. The van der Waals surface area contributed by atoms with Crippen LogP contribution in [-0.2, 0) is 0 Å². The number of amides is 1. The van der Waals surface area contributed by atoms with Crippen molar-refractivity contribution in [2.45, 2.75) is 84.2 Å².